The van der Waals surface area contributed by atoms with Crippen LogP contribution >= 0.6 is 0 Å². The Kier molecular flexibility index (Phi) is 4.02. The van der Waals surface area contributed by atoms with Crippen molar-refractivity contribution in [1.29, 1.82) is 0 Å². The minimum Gasteiger partial charge on any atom is -1.00 e. The Bertz CT molecular complexity index is 186. The van der Waals surface area contributed by atoms with E-state index in [-0.39, 0.29) is 17.0 Å². The van der Waals surface area contributed by atoms with Gasteiger partial charge in [0.05, 0.1) is 0 Å². The van der Waals surface area contributed by atoms with Crippen molar-refractivity contribution in [2.45, 2.75) is 19.9 Å². The van der Waals surface area contributed by atoms with E-state index in [9.17, 15) is 0 Å². The smallest absolute Gasteiger partial charge is 0.289 e. The molecule has 0 aliphatic carbocycles. The van der Waals surface area contributed by atoms with Crippen LogP contribution in [0.25, 0.3) is 0 Å². The van der Waals surface area contributed by atoms with Crippen molar-refractivity contribution < 1.29 is 21.7 Å². The number of nitrogen functional groups attached to an aromatic ring is 1. The maximum atomic E-state index is 5.34. The largest absolute Gasteiger partial charge is 1.00 e. The van der Waals surface area contributed by atoms with Crippen molar-refractivity contribution in [3.8, 4) is 0 Å². The van der Waals surface area contributed by atoms with Gasteiger partial charge >= 0.3 is 0 Å². The van der Waals surface area contributed by atoms with Gasteiger partial charge in [-0.3, -0.25) is 5.84 Å². The zero-order valence-corrected chi connectivity index (χ0v) is 7.45. The predicted octanol–water partition coefficient (Wildman–Crippen LogP) is -3.70. The lowest BCUT2D eigenvalue weighted by atomic mass is 10.5. The lowest BCUT2D eigenvalue weighted by Crippen LogP contribution is -3.00. The minimum atomic E-state index is 0. The molecule has 1 rings (SSSR count). The van der Waals surface area contributed by atoms with Crippen LogP contribution in [0.5, 0.6) is 0 Å². The van der Waals surface area contributed by atoms with Gasteiger partial charge in [-0.2, -0.15) is 0 Å². The number of halogens is 1. The van der Waals surface area contributed by atoms with Crippen molar-refractivity contribution in [1.82, 2.24) is 9.77 Å². The Morgan fingerprint density at radius 1 is 1.70 bits per heavy atom. The van der Waals surface area contributed by atoms with E-state index in [4.69, 9.17) is 5.84 Å². The normalized spacial score (nSPS) is 8.90. The average Bonchev–Trinajstić information content (AvgIpc) is 2.17. The number of rotatable bonds is 2. The molecule has 0 unspecified atom stereocenters. The van der Waals surface area contributed by atoms with Crippen LogP contribution in [0.2, 0.25) is 0 Å². The molecule has 1 aromatic rings. The summed E-state index contributed by atoms with van der Waals surface area (Å²) in [6, 6.07) is 0. The molecule has 0 saturated carbocycles. The third-order valence-corrected chi connectivity index (χ3v) is 1.05. The topological polar surface area (TPSA) is 47.7 Å². The molecule has 0 fully saturated rings. The lowest BCUT2D eigenvalue weighted by molar-refractivity contribution is -0.751. The van der Waals surface area contributed by atoms with Crippen molar-refractivity contribution >= 4 is 0 Å². The second-order valence-corrected chi connectivity index (χ2v) is 1.96. The molecule has 10 heavy (non-hydrogen) atoms. The summed E-state index contributed by atoms with van der Waals surface area (Å²) in [5.41, 5.74) is 0. The summed E-state index contributed by atoms with van der Waals surface area (Å²) < 4.78 is 3.25. The van der Waals surface area contributed by atoms with E-state index in [0.717, 1.165) is 13.0 Å². The summed E-state index contributed by atoms with van der Waals surface area (Å²) in [5, 5.41) is 3.96. The van der Waals surface area contributed by atoms with E-state index < -0.39 is 0 Å². The van der Waals surface area contributed by atoms with E-state index in [1.165, 1.54) is 4.68 Å². The molecule has 0 bridgehead atoms. The van der Waals surface area contributed by atoms with Gasteiger partial charge in [-0.05, 0) is 11.5 Å². The molecule has 0 radical (unpaired) electrons. The highest BCUT2D eigenvalue weighted by atomic mass is 79.9. The highest BCUT2D eigenvalue weighted by Gasteiger charge is 1.97. The fourth-order valence-corrected chi connectivity index (χ4v) is 0.684. The van der Waals surface area contributed by atoms with Crippen LogP contribution < -0.4 is 27.5 Å². The van der Waals surface area contributed by atoms with Gasteiger partial charge in [-0.15, -0.1) is 9.36 Å². The number of nitrogens with zero attached hydrogens (tertiary/aromatic N) is 3. The number of aryl methyl sites for hydroxylation is 1. The van der Waals surface area contributed by atoms with E-state index in [1.54, 1.807) is 17.3 Å². The Labute approximate surface area is 70.4 Å². The van der Waals surface area contributed by atoms with Crippen molar-refractivity contribution in [3.05, 3.63) is 12.7 Å². The molecule has 5 heteroatoms. The van der Waals surface area contributed by atoms with Crippen LogP contribution in [0.1, 0.15) is 13.3 Å². The van der Waals surface area contributed by atoms with E-state index >= 15 is 0 Å². The SMILES string of the molecule is CCC[n+]1cn(N)cn1.[Br-]. The van der Waals surface area contributed by atoms with Crippen molar-refractivity contribution in [3.63, 3.8) is 0 Å². The molecule has 0 atom stereocenters. The summed E-state index contributed by atoms with van der Waals surface area (Å²) in [6.45, 7) is 3.03. The molecule has 0 saturated heterocycles. The fourth-order valence-electron chi connectivity index (χ4n) is 0.684. The molecule has 1 heterocycles. The van der Waals surface area contributed by atoms with Crippen LogP contribution in [0, 0.1) is 0 Å². The van der Waals surface area contributed by atoms with Crippen LogP contribution in [-0.4, -0.2) is 9.77 Å². The third-order valence-electron chi connectivity index (χ3n) is 1.05. The second-order valence-electron chi connectivity index (χ2n) is 1.96. The highest BCUT2D eigenvalue weighted by Crippen LogP contribution is 1.72. The van der Waals surface area contributed by atoms with Gasteiger partial charge < -0.3 is 17.0 Å². The molecule has 0 aliphatic rings. The highest BCUT2D eigenvalue weighted by molar-refractivity contribution is 4.48. The first-order valence-electron chi connectivity index (χ1n) is 3.01. The molecular formula is C5H11BrN4. The van der Waals surface area contributed by atoms with Crippen molar-refractivity contribution in [2.75, 3.05) is 5.84 Å². The Hall–Kier alpha value is -0.580. The molecule has 4 nitrogen and oxygen atoms in total. The quantitative estimate of drug-likeness (QED) is 0.401. The number of nitrogens with two attached hydrogens (primary N) is 1. The summed E-state index contributed by atoms with van der Waals surface area (Å²) in [4.78, 5) is 0. The Balaban J connectivity index is 0.000000810. The van der Waals surface area contributed by atoms with Crippen molar-refractivity contribution in [2.24, 2.45) is 0 Å². The van der Waals surface area contributed by atoms with E-state index in [2.05, 4.69) is 12.0 Å². The molecule has 0 spiro atoms. The second kappa shape index (κ2) is 4.27. The maximum absolute atomic E-state index is 5.34. The molecule has 0 amide bonds. The summed E-state index contributed by atoms with van der Waals surface area (Å²) in [5.74, 6) is 5.34. The fraction of sp³-hybridized carbons (Fsp3) is 0.600. The van der Waals surface area contributed by atoms with Crippen LogP contribution in [-0.2, 0) is 6.54 Å². The van der Waals surface area contributed by atoms with Gasteiger partial charge in [-0.1, -0.05) is 6.92 Å². The monoisotopic (exact) mass is 206 g/mol. The zero-order valence-electron chi connectivity index (χ0n) is 5.87. The molecule has 0 aliphatic heterocycles. The Morgan fingerprint density at radius 3 is 2.80 bits per heavy atom. The summed E-state index contributed by atoms with van der Waals surface area (Å²) in [7, 11) is 0. The number of aromatic nitrogens is 3. The van der Waals surface area contributed by atoms with Gasteiger partial charge in [0.25, 0.3) is 6.33 Å². The van der Waals surface area contributed by atoms with Crippen LogP contribution in [0.15, 0.2) is 12.7 Å². The molecular weight excluding hydrogens is 196 g/mol. The number of hydrogen-bond acceptors (Lipinski definition) is 2. The summed E-state index contributed by atoms with van der Waals surface area (Å²) in [6.07, 6.45) is 4.42. The first-order valence-corrected chi connectivity index (χ1v) is 3.01. The van der Waals surface area contributed by atoms with Gasteiger partial charge in [0.15, 0.2) is 0 Å². The van der Waals surface area contributed by atoms with Gasteiger partial charge in [0.2, 0.25) is 6.33 Å². The van der Waals surface area contributed by atoms with E-state index in [0.29, 0.717) is 0 Å². The summed E-state index contributed by atoms with van der Waals surface area (Å²) >= 11 is 0. The standard InChI is InChI=1S/C5H11N4.BrH/c1-2-3-9-5-8(6)4-7-9;/h4-5H,2-3,6H2,1H3;1H/q+1;/p-1. The molecule has 1 aromatic heterocycles. The third kappa shape index (κ3) is 2.34. The number of hydrogen-bond donors (Lipinski definition) is 1. The zero-order chi connectivity index (χ0) is 6.69. The predicted molar refractivity (Wildman–Crippen MR) is 32.9 cm³/mol. The minimum absolute atomic E-state index is 0. The van der Waals surface area contributed by atoms with E-state index in [1.807, 2.05) is 0 Å². The maximum Gasteiger partial charge on any atom is 0.289 e. The Morgan fingerprint density at radius 2 is 2.40 bits per heavy atom. The van der Waals surface area contributed by atoms with Gasteiger partial charge in [0, 0.05) is 0 Å². The lowest BCUT2D eigenvalue weighted by Gasteiger charge is -1.83. The average molecular weight is 207 g/mol. The molecule has 2 N–H and O–H groups in total. The first kappa shape index (κ1) is 9.42. The van der Waals surface area contributed by atoms with Crippen LogP contribution in [0.3, 0.4) is 0 Å². The molecule has 58 valence electrons. The molecule has 0 aromatic carbocycles. The van der Waals surface area contributed by atoms with Gasteiger partial charge in [-0.25, -0.2) is 0 Å². The van der Waals surface area contributed by atoms with Crippen LogP contribution in [0.4, 0.5) is 0 Å². The first-order chi connectivity index (χ1) is 4.33. The van der Waals surface area contributed by atoms with Gasteiger partial charge in [0.1, 0.15) is 6.54 Å².